The first-order valence-electron chi connectivity index (χ1n) is 9.82. The standard InChI is InChI=1S/C17H32N4O4S/c18-15-17(5-13-25-14-6-17)16(22)19-9-11-21(12-10-19)26(23,24)20-7-3-1-2-4-8-20/h1-15,18H2. The molecule has 0 aromatic heterocycles. The molecule has 0 aliphatic carbocycles. The van der Waals surface area contributed by atoms with Gasteiger partial charge >= 0.3 is 0 Å². The highest BCUT2D eigenvalue weighted by Gasteiger charge is 2.43. The molecule has 8 nitrogen and oxygen atoms in total. The SMILES string of the molecule is NCC1(C(=O)N2CCN(S(=O)(=O)N3CCCCCC3)CC2)CCOCC1. The van der Waals surface area contributed by atoms with E-state index in [0.29, 0.717) is 71.9 Å². The number of rotatable bonds is 4. The van der Waals surface area contributed by atoms with Gasteiger partial charge in [-0.2, -0.15) is 17.0 Å². The highest BCUT2D eigenvalue weighted by molar-refractivity contribution is 7.86. The van der Waals surface area contributed by atoms with Gasteiger partial charge in [-0.15, -0.1) is 0 Å². The molecule has 3 fully saturated rings. The lowest BCUT2D eigenvalue weighted by molar-refractivity contribution is -0.148. The highest BCUT2D eigenvalue weighted by atomic mass is 32.2. The minimum Gasteiger partial charge on any atom is -0.381 e. The molecule has 0 aromatic carbocycles. The van der Waals surface area contributed by atoms with Gasteiger partial charge in [-0.25, -0.2) is 0 Å². The van der Waals surface area contributed by atoms with Gasteiger partial charge in [-0.3, -0.25) is 4.79 Å². The Hall–Kier alpha value is -0.740. The van der Waals surface area contributed by atoms with Crippen LogP contribution >= 0.6 is 0 Å². The molecule has 3 aliphatic heterocycles. The first-order chi connectivity index (χ1) is 12.5. The zero-order valence-corrected chi connectivity index (χ0v) is 16.4. The van der Waals surface area contributed by atoms with Crippen LogP contribution in [0.15, 0.2) is 0 Å². The Balaban J connectivity index is 1.60. The number of piperazine rings is 1. The summed E-state index contributed by atoms with van der Waals surface area (Å²) in [6.07, 6.45) is 5.35. The Bertz CT molecular complexity index is 576. The van der Waals surface area contributed by atoms with Crippen molar-refractivity contribution < 1.29 is 17.9 Å². The van der Waals surface area contributed by atoms with Crippen molar-refractivity contribution >= 4 is 16.1 Å². The maximum Gasteiger partial charge on any atom is 0.282 e. The van der Waals surface area contributed by atoms with Crippen molar-refractivity contribution in [1.82, 2.24) is 13.5 Å². The van der Waals surface area contributed by atoms with Crippen LogP contribution in [-0.4, -0.2) is 86.9 Å². The summed E-state index contributed by atoms with van der Waals surface area (Å²) in [5, 5.41) is 0. The fraction of sp³-hybridized carbons (Fsp3) is 0.941. The first kappa shape index (κ1) is 20.0. The number of amides is 1. The summed E-state index contributed by atoms with van der Waals surface area (Å²) in [6, 6.07) is 0. The van der Waals surface area contributed by atoms with Gasteiger partial charge in [0.25, 0.3) is 10.2 Å². The van der Waals surface area contributed by atoms with Gasteiger partial charge in [-0.1, -0.05) is 12.8 Å². The van der Waals surface area contributed by atoms with Gasteiger partial charge in [0.05, 0.1) is 5.41 Å². The van der Waals surface area contributed by atoms with Crippen LogP contribution in [0.4, 0.5) is 0 Å². The van der Waals surface area contributed by atoms with Crippen LogP contribution in [-0.2, 0) is 19.7 Å². The van der Waals surface area contributed by atoms with Crippen molar-refractivity contribution in [3.05, 3.63) is 0 Å². The van der Waals surface area contributed by atoms with Crippen LogP contribution in [0.1, 0.15) is 38.5 Å². The number of hydrogen-bond acceptors (Lipinski definition) is 5. The van der Waals surface area contributed by atoms with Gasteiger partial charge in [0.2, 0.25) is 5.91 Å². The number of nitrogens with zero attached hydrogens (tertiary/aromatic N) is 3. The molecule has 3 aliphatic rings. The molecule has 0 aromatic rings. The number of carbonyl (C=O) groups excluding carboxylic acids is 1. The van der Waals surface area contributed by atoms with Crippen molar-refractivity contribution in [2.24, 2.45) is 11.1 Å². The zero-order valence-electron chi connectivity index (χ0n) is 15.6. The molecular weight excluding hydrogens is 356 g/mol. The molecule has 0 saturated carbocycles. The summed E-state index contributed by atoms with van der Waals surface area (Å²) in [5.41, 5.74) is 5.40. The summed E-state index contributed by atoms with van der Waals surface area (Å²) in [7, 11) is -3.42. The largest absolute Gasteiger partial charge is 0.381 e. The molecule has 150 valence electrons. The van der Waals surface area contributed by atoms with Gasteiger partial charge in [0, 0.05) is 59.0 Å². The molecule has 3 heterocycles. The van der Waals surface area contributed by atoms with Crippen LogP contribution < -0.4 is 5.73 Å². The third-order valence-corrected chi connectivity index (χ3v) is 8.07. The number of hydrogen-bond donors (Lipinski definition) is 1. The third-order valence-electron chi connectivity index (χ3n) is 6.04. The lowest BCUT2D eigenvalue weighted by Crippen LogP contribution is -2.58. The second kappa shape index (κ2) is 8.52. The summed E-state index contributed by atoms with van der Waals surface area (Å²) in [5.74, 6) is 0.0649. The molecule has 3 saturated heterocycles. The van der Waals surface area contributed by atoms with E-state index in [1.54, 1.807) is 13.5 Å². The molecule has 0 spiro atoms. The molecular formula is C17H32N4O4S. The van der Waals surface area contributed by atoms with Crippen LogP contribution in [0.3, 0.4) is 0 Å². The Kier molecular flexibility index (Phi) is 6.55. The Labute approximate surface area is 156 Å². The maximum absolute atomic E-state index is 13.0. The van der Waals surface area contributed by atoms with E-state index < -0.39 is 15.6 Å². The lowest BCUT2D eigenvalue weighted by atomic mass is 9.78. The van der Waals surface area contributed by atoms with E-state index in [-0.39, 0.29) is 5.91 Å². The number of nitrogens with two attached hydrogens (primary N) is 1. The van der Waals surface area contributed by atoms with E-state index in [2.05, 4.69) is 0 Å². The molecule has 0 bridgehead atoms. The van der Waals surface area contributed by atoms with Crippen LogP contribution in [0, 0.1) is 5.41 Å². The topological polar surface area (TPSA) is 96.2 Å². The Morgan fingerprint density at radius 2 is 1.42 bits per heavy atom. The second-order valence-electron chi connectivity index (χ2n) is 7.61. The van der Waals surface area contributed by atoms with Crippen molar-refractivity contribution in [1.29, 1.82) is 0 Å². The predicted octanol–water partition coefficient (Wildman–Crippen LogP) is 0.00690. The third kappa shape index (κ3) is 4.06. The molecule has 3 rings (SSSR count). The van der Waals surface area contributed by atoms with Crippen molar-refractivity contribution in [2.45, 2.75) is 38.5 Å². The maximum atomic E-state index is 13.0. The van der Waals surface area contributed by atoms with Gasteiger partial charge in [-0.05, 0) is 25.7 Å². The zero-order chi connectivity index (χ0) is 18.6. The van der Waals surface area contributed by atoms with Gasteiger partial charge in [0.15, 0.2) is 0 Å². The van der Waals surface area contributed by atoms with Gasteiger partial charge in [0.1, 0.15) is 0 Å². The van der Waals surface area contributed by atoms with Crippen molar-refractivity contribution in [3.63, 3.8) is 0 Å². The van der Waals surface area contributed by atoms with Crippen LogP contribution in [0.5, 0.6) is 0 Å². The molecule has 1 amide bonds. The van der Waals surface area contributed by atoms with E-state index in [9.17, 15) is 13.2 Å². The summed E-state index contributed by atoms with van der Waals surface area (Å²) in [6.45, 7) is 4.27. The number of carbonyl (C=O) groups is 1. The minimum absolute atomic E-state index is 0.0649. The molecule has 2 N–H and O–H groups in total. The van der Waals surface area contributed by atoms with E-state index in [4.69, 9.17) is 10.5 Å². The average Bonchev–Trinajstić information content (AvgIpc) is 2.98. The fourth-order valence-electron chi connectivity index (χ4n) is 4.16. The summed E-state index contributed by atoms with van der Waals surface area (Å²) in [4.78, 5) is 14.8. The molecule has 26 heavy (non-hydrogen) atoms. The minimum atomic E-state index is -3.42. The smallest absolute Gasteiger partial charge is 0.282 e. The van der Waals surface area contributed by atoms with Crippen LogP contribution in [0.25, 0.3) is 0 Å². The Morgan fingerprint density at radius 3 is 1.96 bits per heavy atom. The first-order valence-corrected chi connectivity index (χ1v) is 11.2. The van der Waals surface area contributed by atoms with E-state index in [0.717, 1.165) is 25.7 Å². The summed E-state index contributed by atoms with van der Waals surface area (Å²) < 4.78 is 34.4. The monoisotopic (exact) mass is 388 g/mol. The molecule has 9 heteroatoms. The number of ether oxygens (including phenoxy) is 1. The highest BCUT2D eigenvalue weighted by Crippen LogP contribution is 2.32. The van der Waals surface area contributed by atoms with E-state index in [1.165, 1.54) is 0 Å². The molecule has 0 radical (unpaired) electrons. The predicted molar refractivity (Wildman–Crippen MR) is 98.7 cm³/mol. The fourth-order valence-corrected chi connectivity index (χ4v) is 5.83. The van der Waals surface area contributed by atoms with E-state index in [1.807, 2.05) is 0 Å². The molecule has 0 unspecified atom stereocenters. The van der Waals surface area contributed by atoms with Crippen molar-refractivity contribution in [2.75, 3.05) is 59.0 Å². The quantitative estimate of drug-likeness (QED) is 0.732. The average molecular weight is 389 g/mol. The summed E-state index contributed by atoms with van der Waals surface area (Å²) >= 11 is 0. The normalized spacial score (nSPS) is 26.4. The molecule has 0 atom stereocenters. The van der Waals surface area contributed by atoms with E-state index >= 15 is 0 Å². The van der Waals surface area contributed by atoms with Gasteiger partial charge < -0.3 is 15.4 Å². The second-order valence-corrected chi connectivity index (χ2v) is 9.54. The van der Waals surface area contributed by atoms with Crippen molar-refractivity contribution in [3.8, 4) is 0 Å². The lowest BCUT2D eigenvalue weighted by Gasteiger charge is -2.42. The van der Waals surface area contributed by atoms with Crippen LogP contribution in [0.2, 0.25) is 0 Å². The Morgan fingerprint density at radius 1 is 0.885 bits per heavy atom.